The summed E-state index contributed by atoms with van der Waals surface area (Å²) in [5, 5.41) is 2.59. The van der Waals surface area contributed by atoms with Crippen LogP contribution in [-0.2, 0) is 21.2 Å². The first kappa shape index (κ1) is 19.9. The van der Waals surface area contributed by atoms with Crippen molar-refractivity contribution in [2.45, 2.75) is 24.4 Å². The first-order chi connectivity index (χ1) is 12.1. The van der Waals surface area contributed by atoms with Crippen molar-refractivity contribution in [2.75, 3.05) is 11.9 Å². The molecular weight excluding hydrogens is 371 g/mol. The predicted octanol–water partition coefficient (Wildman–Crippen LogP) is 2.41. The van der Waals surface area contributed by atoms with Crippen LogP contribution in [-0.4, -0.2) is 32.0 Å². The van der Waals surface area contributed by atoms with Gasteiger partial charge < -0.3 is 5.32 Å². The highest BCUT2D eigenvalue weighted by molar-refractivity contribution is 7.89. The fourth-order valence-electron chi connectivity index (χ4n) is 2.04. The van der Waals surface area contributed by atoms with Crippen molar-refractivity contribution in [3.8, 4) is 0 Å². The molecule has 1 aromatic carbocycles. The molecule has 1 aromatic heterocycles. The van der Waals surface area contributed by atoms with E-state index in [1.165, 1.54) is 16.9 Å². The second kappa shape index (κ2) is 7.83. The molecule has 0 saturated heterocycles. The van der Waals surface area contributed by atoms with Gasteiger partial charge in [0.2, 0.25) is 15.9 Å². The van der Waals surface area contributed by atoms with Gasteiger partial charge in [-0.2, -0.15) is 13.2 Å². The molecule has 2 aromatic rings. The molecule has 10 heteroatoms. The molecule has 2 rings (SSSR count). The minimum atomic E-state index is -4.65. The van der Waals surface area contributed by atoms with Gasteiger partial charge in [-0.25, -0.2) is 13.1 Å². The van der Waals surface area contributed by atoms with Crippen molar-refractivity contribution >= 4 is 21.6 Å². The molecule has 0 unspecified atom stereocenters. The third kappa shape index (κ3) is 5.81. The van der Waals surface area contributed by atoms with Gasteiger partial charge in [-0.1, -0.05) is 0 Å². The van der Waals surface area contributed by atoms with E-state index in [0.717, 1.165) is 23.3 Å². The van der Waals surface area contributed by atoms with Crippen LogP contribution in [0.2, 0.25) is 0 Å². The summed E-state index contributed by atoms with van der Waals surface area (Å²) < 4.78 is 61.5. The number of nitrogens with one attached hydrogen (secondary N) is 2. The van der Waals surface area contributed by atoms with Crippen molar-refractivity contribution in [1.82, 2.24) is 9.71 Å². The first-order valence-electron chi connectivity index (χ1n) is 7.43. The molecule has 6 nitrogen and oxygen atoms in total. The number of carbonyl (C=O) groups is 1. The number of anilines is 1. The highest BCUT2D eigenvalue weighted by Gasteiger charge is 2.30. The van der Waals surface area contributed by atoms with Gasteiger partial charge in [-0.15, -0.1) is 0 Å². The first-order valence-corrected chi connectivity index (χ1v) is 8.91. The summed E-state index contributed by atoms with van der Waals surface area (Å²) in [6, 6.07) is 6.61. The Morgan fingerprint density at radius 3 is 2.38 bits per heavy atom. The van der Waals surface area contributed by atoms with Gasteiger partial charge in [0.1, 0.15) is 6.54 Å². The SMILES string of the molecule is Cc1ccncc1CC(=O)Nc1ccc(S(=O)(=O)NCC(F)(F)F)cc1. The molecule has 1 heterocycles. The van der Waals surface area contributed by atoms with Crippen molar-refractivity contribution in [3.05, 3.63) is 53.9 Å². The van der Waals surface area contributed by atoms with Gasteiger partial charge in [-0.05, 0) is 48.4 Å². The van der Waals surface area contributed by atoms with Crippen LogP contribution in [0.15, 0.2) is 47.6 Å². The number of rotatable bonds is 6. The van der Waals surface area contributed by atoms with Crippen molar-refractivity contribution in [3.63, 3.8) is 0 Å². The number of hydrogen-bond acceptors (Lipinski definition) is 4. The minimum absolute atomic E-state index is 0.0901. The predicted molar refractivity (Wildman–Crippen MR) is 89.0 cm³/mol. The Morgan fingerprint density at radius 2 is 1.81 bits per heavy atom. The second-order valence-electron chi connectivity index (χ2n) is 5.49. The Labute approximate surface area is 148 Å². The van der Waals surface area contributed by atoms with Crippen LogP contribution in [0.25, 0.3) is 0 Å². The van der Waals surface area contributed by atoms with Crippen molar-refractivity contribution < 1.29 is 26.4 Å². The van der Waals surface area contributed by atoms with Crippen LogP contribution in [0.1, 0.15) is 11.1 Å². The fraction of sp³-hybridized carbons (Fsp3) is 0.250. The molecular formula is C16H16F3N3O3S. The molecule has 0 aliphatic rings. The molecule has 2 N–H and O–H groups in total. The summed E-state index contributed by atoms with van der Waals surface area (Å²) in [5.41, 5.74) is 1.99. The molecule has 0 aliphatic heterocycles. The Kier molecular flexibility index (Phi) is 5.98. The summed E-state index contributed by atoms with van der Waals surface area (Å²) in [7, 11) is -4.28. The van der Waals surface area contributed by atoms with Gasteiger partial charge in [-0.3, -0.25) is 9.78 Å². The number of pyridine rings is 1. The van der Waals surface area contributed by atoms with E-state index < -0.39 is 22.7 Å². The Bertz CT molecular complexity index is 882. The fourth-order valence-corrected chi connectivity index (χ4v) is 3.05. The van der Waals surface area contributed by atoms with E-state index in [1.807, 2.05) is 6.92 Å². The normalized spacial score (nSPS) is 12.0. The zero-order valence-electron chi connectivity index (χ0n) is 13.7. The summed E-state index contributed by atoms with van der Waals surface area (Å²) in [6.07, 6.45) is -1.36. The van der Waals surface area contributed by atoms with Gasteiger partial charge in [0.05, 0.1) is 11.3 Å². The standard InChI is InChI=1S/C16H16F3N3O3S/c1-11-6-7-20-9-12(11)8-15(23)22-13-2-4-14(5-3-13)26(24,25)21-10-16(17,18)19/h2-7,9,21H,8,10H2,1H3,(H,22,23). The number of nitrogens with zero attached hydrogens (tertiary/aromatic N) is 1. The van der Waals surface area contributed by atoms with E-state index in [0.29, 0.717) is 5.69 Å². The number of hydrogen-bond donors (Lipinski definition) is 2. The summed E-state index contributed by atoms with van der Waals surface area (Å²) in [6.45, 7) is 0.191. The van der Waals surface area contributed by atoms with Gasteiger partial charge >= 0.3 is 6.18 Å². The van der Waals surface area contributed by atoms with E-state index in [9.17, 15) is 26.4 Å². The maximum Gasteiger partial charge on any atom is 0.402 e. The maximum atomic E-state index is 12.1. The largest absolute Gasteiger partial charge is 0.402 e. The average molecular weight is 387 g/mol. The number of benzene rings is 1. The number of carbonyl (C=O) groups excluding carboxylic acids is 1. The van der Waals surface area contributed by atoms with Gasteiger partial charge in [0.25, 0.3) is 0 Å². The van der Waals surface area contributed by atoms with Crippen molar-refractivity contribution in [2.24, 2.45) is 0 Å². The van der Waals surface area contributed by atoms with E-state index in [1.54, 1.807) is 18.5 Å². The summed E-state index contributed by atoms with van der Waals surface area (Å²) in [5.74, 6) is -0.327. The lowest BCUT2D eigenvalue weighted by atomic mass is 10.1. The van der Waals surface area contributed by atoms with Crippen LogP contribution in [0.5, 0.6) is 0 Å². The van der Waals surface area contributed by atoms with Gasteiger partial charge in [0, 0.05) is 18.1 Å². The Hall–Kier alpha value is -2.46. The maximum absolute atomic E-state index is 12.1. The third-order valence-corrected chi connectivity index (χ3v) is 4.83. The lowest BCUT2D eigenvalue weighted by Crippen LogP contribution is -2.33. The molecule has 0 saturated carbocycles. The number of alkyl halides is 3. The molecule has 1 amide bonds. The number of amides is 1. The van der Waals surface area contributed by atoms with E-state index in [2.05, 4.69) is 10.3 Å². The summed E-state index contributed by atoms with van der Waals surface area (Å²) in [4.78, 5) is 15.6. The second-order valence-corrected chi connectivity index (χ2v) is 7.26. The molecule has 0 radical (unpaired) electrons. The van der Waals surface area contributed by atoms with E-state index in [4.69, 9.17) is 0 Å². The molecule has 140 valence electrons. The number of aryl methyl sites for hydroxylation is 1. The average Bonchev–Trinajstić information content (AvgIpc) is 2.55. The number of halogens is 3. The molecule has 0 atom stereocenters. The third-order valence-electron chi connectivity index (χ3n) is 3.41. The van der Waals surface area contributed by atoms with Crippen LogP contribution >= 0.6 is 0 Å². The quantitative estimate of drug-likeness (QED) is 0.797. The summed E-state index contributed by atoms with van der Waals surface area (Å²) >= 11 is 0. The molecule has 0 fully saturated rings. The van der Waals surface area contributed by atoms with E-state index >= 15 is 0 Å². The zero-order chi connectivity index (χ0) is 19.4. The topological polar surface area (TPSA) is 88.2 Å². The van der Waals surface area contributed by atoms with Crippen LogP contribution < -0.4 is 10.0 Å². The van der Waals surface area contributed by atoms with Crippen LogP contribution in [0.3, 0.4) is 0 Å². The van der Waals surface area contributed by atoms with E-state index in [-0.39, 0.29) is 17.2 Å². The number of sulfonamides is 1. The Morgan fingerprint density at radius 1 is 1.15 bits per heavy atom. The zero-order valence-corrected chi connectivity index (χ0v) is 14.5. The molecule has 0 aliphatic carbocycles. The van der Waals surface area contributed by atoms with Gasteiger partial charge in [0.15, 0.2) is 0 Å². The number of aromatic nitrogens is 1. The lowest BCUT2D eigenvalue weighted by Gasteiger charge is -2.10. The molecule has 26 heavy (non-hydrogen) atoms. The molecule has 0 bridgehead atoms. The van der Waals surface area contributed by atoms with Crippen LogP contribution in [0.4, 0.5) is 18.9 Å². The highest BCUT2D eigenvalue weighted by atomic mass is 32.2. The lowest BCUT2D eigenvalue weighted by molar-refractivity contribution is -0.121. The van der Waals surface area contributed by atoms with Crippen LogP contribution in [0, 0.1) is 6.92 Å². The smallest absolute Gasteiger partial charge is 0.326 e. The molecule has 0 spiro atoms. The highest BCUT2D eigenvalue weighted by Crippen LogP contribution is 2.17. The minimum Gasteiger partial charge on any atom is -0.326 e. The Balaban J connectivity index is 2.01. The monoisotopic (exact) mass is 387 g/mol. The van der Waals surface area contributed by atoms with Crippen molar-refractivity contribution in [1.29, 1.82) is 0 Å².